The number of hydrogen-bond acceptors (Lipinski definition) is 1. The Bertz CT molecular complexity index is 587. The normalized spacial score (nSPS) is 11.9. The minimum atomic E-state index is -4.45. The maximum absolute atomic E-state index is 12.9. The van der Waals surface area contributed by atoms with Crippen molar-refractivity contribution in [1.82, 2.24) is 10.2 Å². The summed E-state index contributed by atoms with van der Waals surface area (Å²) in [6, 6.07) is 5.38. The molecule has 6 heteroatoms. The molecule has 2 aromatic rings. The van der Waals surface area contributed by atoms with Crippen molar-refractivity contribution < 1.29 is 13.2 Å². The van der Waals surface area contributed by atoms with E-state index in [9.17, 15) is 13.2 Å². The number of aryl methyl sites for hydroxylation is 2. The summed E-state index contributed by atoms with van der Waals surface area (Å²) in [6.07, 6.45) is -4.45. The Labute approximate surface area is 110 Å². The summed E-state index contributed by atoms with van der Waals surface area (Å²) in [6.45, 7) is 3.61. The van der Waals surface area contributed by atoms with E-state index in [2.05, 4.69) is 21.0 Å². The van der Waals surface area contributed by atoms with Crippen LogP contribution in [0.25, 0.3) is 11.1 Å². The molecule has 0 atom stereocenters. The van der Waals surface area contributed by atoms with E-state index in [4.69, 9.17) is 0 Å². The highest BCUT2D eigenvalue weighted by molar-refractivity contribution is 9.10. The second-order valence-corrected chi connectivity index (χ2v) is 4.83. The first-order chi connectivity index (χ1) is 8.30. The van der Waals surface area contributed by atoms with Crippen LogP contribution >= 0.6 is 15.9 Å². The van der Waals surface area contributed by atoms with E-state index in [-0.39, 0.29) is 10.2 Å². The zero-order chi connectivity index (χ0) is 13.5. The van der Waals surface area contributed by atoms with Gasteiger partial charge >= 0.3 is 6.18 Å². The lowest BCUT2D eigenvalue weighted by Crippen LogP contribution is -2.07. The molecule has 0 unspecified atom stereocenters. The van der Waals surface area contributed by atoms with E-state index in [0.29, 0.717) is 5.56 Å². The molecule has 1 N–H and O–H groups in total. The van der Waals surface area contributed by atoms with E-state index in [0.717, 1.165) is 11.1 Å². The Morgan fingerprint density at radius 3 is 2.50 bits per heavy atom. The van der Waals surface area contributed by atoms with Gasteiger partial charge in [-0.05, 0) is 40.9 Å². The Morgan fingerprint density at radius 1 is 1.22 bits per heavy atom. The number of nitrogens with one attached hydrogen (secondary N) is 1. The third-order valence-corrected chi connectivity index (χ3v) is 3.24. The quantitative estimate of drug-likeness (QED) is 0.825. The molecule has 0 fully saturated rings. The lowest BCUT2D eigenvalue weighted by molar-refractivity contribution is -0.140. The zero-order valence-electron chi connectivity index (χ0n) is 9.69. The van der Waals surface area contributed by atoms with Gasteiger partial charge in [-0.1, -0.05) is 23.8 Å². The minimum Gasteiger partial charge on any atom is -0.272 e. The minimum absolute atomic E-state index is 0.0590. The van der Waals surface area contributed by atoms with Gasteiger partial charge in [-0.15, -0.1) is 0 Å². The summed E-state index contributed by atoms with van der Waals surface area (Å²) in [5.41, 5.74) is 1.43. The van der Waals surface area contributed by atoms with Crippen molar-refractivity contribution in [3.05, 3.63) is 39.6 Å². The fraction of sp³-hybridized carbons (Fsp3) is 0.250. The van der Waals surface area contributed by atoms with Crippen LogP contribution in [0.5, 0.6) is 0 Å². The fourth-order valence-electron chi connectivity index (χ4n) is 1.78. The van der Waals surface area contributed by atoms with Gasteiger partial charge in [-0.25, -0.2) is 0 Å². The molecule has 0 bridgehead atoms. The first kappa shape index (κ1) is 13.1. The monoisotopic (exact) mass is 318 g/mol. The van der Waals surface area contributed by atoms with Crippen molar-refractivity contribution in [3.63, 3.8) is 0 Å². The average molecular weight is 319 g/mol. The van der Waals surface area contributed by atoms with Gasteiger partial charge < -0.3 is 0 Å². The van der Waals surface area contributed by atoms with Gasteiger partial charge in [0.25, 0.3) is 0 Å². The molecule has 0 saturated heterocycles. The Morgan fingerprint density at radius 2 is 1.89 bits per heavy atom. The zero-order valence-corrected chi connectivity index (χ0v) is 11.3. The maximum atomic E-state index is 12.9. The molecular weight excluding hydrogens is 309 g/mol. The van der Waals surface area contributed by atoms with Crippen molar-refractivity contribution in [2.45, 2.75) is 20.0 Å². The van der Waals surface area contributed by atoms with Crippen molar-refractivity contribution in [2.75, 3.05) is 0 Å². The van der Waals surface area contributed by atoms with Crippen molar-refractivity contribution in [2.24, 2.45) is 0 Å². The SMILES string of the molecule is Cc1ccc(C)c(-c2c(Br)n[nH]c2C(F)(F)F)c1. The standard InChI is InChI=1S/C12H10BrF3N2/c1-6-3-4-7(2)8(5-6)9-10(12(14,15)16)17-18-11(9)13/h3-5H,1-2H3,(H,17,18). The summed E-state index contributed by atoms with van der Waals surface area (Å²) in [4.78, 5) is 0. The number of nitrogens with zero attached hydrogens (tertiary/aromatic N) is 1. The molecule has 1 aromatic heterocycles. The first-order valence-electron chi connectivity index (χ1n) is 5.19. The van der Waals surface area contributed by atoms with Gasteiger partial charge in [0, 0.05) is 5.56 Å². The van der Waals surface area contributed by atoms with Crippen molar-refractivity contribution in [1.29, 1.82) is 0 Å². The van der Waals surface area contributed by atoms with E-state index in [1.807, 2.05) is 18.1 Å². The van der Waals surface area contributed by atoms with E-state index in [1.165, 1.54) is 0 Å². The van der Waals surface area contributed by atoms with Gasteiger partial charge in [0.2, 0.25) is 0 Å². The largest absolute Gasteiger partial charge is 0.433 e. The highest BCUT2D eigenvalue weighted by Gasteiger charge is 2.37. The molecule has 2 rings (SSSR count). The van der Waals surface area contributed by atoms with Crippen molar-refractivity contribution in [3.8, 4) is 11.1 Å². The number of halogens is 4. The number of aromatic nitrogens is 2. The van der Waals surface area contributed by atoms with Crippen LogP contribution < -0.4 is 0 Å². The predicted molar refractivity (Wildman–Crippen MR) is 66.2 cm³/mol. The van der Waals surface area contributed by atoms with Gasteiger partial charge in [0.05, 0.1) is 0 Å². The summed E-state index contributed by atoms with van der Waals surface area (Å²) >= 11 is 3.06. The van der Waals surface area contributed by atoms with Gasteiger partial charge in [0.1, 0.15) is 10.3 Å². The molecule has 0 aliphatic heterocycles. The molecule has 1 aromatic carbocycles. The third-order valence-electron chi connectivity index (χ3n) is 2.67. The van der Waals surface area contributed by atoms with Crippen LogP contribution in [-0.2, 0) is 6.18 Å². The topological polar surface area (TPSA) is 28.7 Å². The number of hydrogen-bond donors (Lipinski definition) is 1. The molecule has 96 valence electrons. The van der Waals surface area contributed by atoms with Crippen LogP contribution in [0.2, 0.25) is 0 Å². The molecule has 0 spiro atoms. The van der Waals surface area contributed by atoms with Crippen molar-refractivity contribution >= 4 is 15.9 Å². The lowest BCUT2D eigenvalue weighted by atomic mass is 9.99. The maximum Gasteiger partial charge on any atom is 0.433 e. The Hall–Kier alpha value is -1.30. The average Bonchev–Trinajstić information content (AvgIpc) is 2.63. The van der Waals surface area contributed by atoms with Gasteiger partial charge in [-0.3, -0.25) is 5.10 Å². The molecule has 0 saturated carbocycles. The number of aromatic amines is 1. The highest BCUT2D eigenvalue weighted by atomic mass is 79.9. The molecule has 18 heavy (non-hydrogen) atoms. The number of rotatable bonds is 1. The van der Waals surface area contributed by atoms with Crippen LogP contribution in [-0.4, -0.2) is 10.2 Å². The van der Waals surface area contributed by atoms with Crippen LogP contribution in [0, 0.1) is 13.8 Å². The second kappa shape index (κ2) is 4.42. The van der Waals surface area contributed by atoms with E-state index >= 15 is 0 Å². The second-order valence-electron chi connectivity index (χ2n) is 4.08. The van der Waals surface area contributed by atoms with E-state index in [1.54, 1.807) is 19.1 Å². The van der Waals surface area contributed by atoms with Crippen LogP contribution in [0.1, 0.15) is 16.8 Å². The summed E-state index contributed by atoms with van der Waals surface area (Å²) in [7, 11) is 0. The molecule has 0 amide bonds. The van der Waals surface area contributed by atoms with Gasteiger partial charge in [-0.2, -0.15) is 18.3 Å². The van der Waals surface area contributed by atoms with Gasteiger partial charge in [0.15, 0.2) is 0 Å². The molecule has 0 radical (unpaired) electrons. The number of H-pyrrole nitrogens is 1. The highest BCUT2D eigenvalue weighted by Crippen LogP contribution is 2.40. The first-order valence-corrected chi connectivity index (χ1v) is 5.98. The molecular formula is C12H10BrF3N2. The summed E-state index contributed by atoms with van der Waals surface area (Å²) in [5, 5.41) is 5.64. The lowest BCUT2D eigenvalue weighted by Gasteiger charge is -2.10. The van der Waals surface area contributed by atoms with Crippen LogP contribution in [0.3, 0.4) is 0 Å². The Kier molecular flexibility index (Phi) is 3.23. The van der Waals surface area contributed by atoms with E-state index < -0.39 is 11.9 Å². The summed E-state index contributed by atoms with van der Waals surface area (Å²) < 4.78 is 38.8. The van der Waals surface area contributed by atoms with Crippen LogP contribution in [0.15, 0.2) is 22.8 Å². The number of benzene rings is 1. The Balaban J connectivity index is 2.71. The van der Waals surface area contributed by atoms with Crippen LogP contribution in [0.4, 0.5) is 13.2 Å². The smallest absolute Gasteiger partial charge is 0.272 e. The third kappa shape index (κ3) is 2.29. The summed E-state index contributed by atoms with van der Waals surface area (Å²) in [5.74, 6) is 0. The molecule has 0 aliphatic carbocycles. The molecule has 1 heterocycles. The number of alkyl halides is 3. The molecule has 2 nitrogen and oxygen atoms in total. The fourth-order valence-corrected chi connectivity index (χ4v) is 2.28. The predicted octanol–water partition coefficient (Wildman–Crippen LogP) is 4.47. The molecule has 0 aliphatic rings.